The van der Waals surface area contributed by atoms with Gasteiger partial charge >= 0.3 is 0 Å². The van der Waals surface area contributed by atoms with Crippen LogP contribution in [0.4, 0.5) is 0 Å². The average molecular weight is 354 g/mol. The number of aryl methyl sites for hydroxylation is 1. The summed E-state index contributed by atoms with van der Waals surface area (Å²) >= 11 is 0. The van der Waals surface area contributed by atoms with E-state index in [2.05, 4.69) is 32.2 Å². The molecule has 0 aromatic heterocycles. The second-order valence-corrected chi connectivity index (χ2v) is 7.38. The number of rotatable bonds is 6. The molecule has 0 spiro atoms. The monoisotopic (exact) mass is 354 g/mol. The van der Waals surface area contributed by atoms with Crippen molar-refractivity contribution in [2.24, 2.45) is 5.73 Å². The predicted octanol–water partition coefficient (Wildman–Crippen LogP) is 3.09. The number of ether oxygens (including phenoxy) is 1. The van der Waals surface area contributed by atoms with Crippen LogP contribution in [0.5, 0.6) is 5.75 Å². The largest absolute Gasteiger partial charge is 0.483 e. The lowest BCUT2D eigenvalue weighted by molar-refractivity contribution is -0.123. The molecule has 0 saturated carbocycles. The van der Waals surface area contributed by atoms with E-state index in [1.165, 1.54) is 0 Å². The minimum Gasteiger partial charge on any atom is -0.483 e. The summed E-state index contributed by atoms with van der Waals surface area (Å²) in [4.78, 5) is 23.1. The number of nitrogens with one attached hydrogen (secondary N) is 1. The lowest BCUT2D eigenvalue weighted by Gasteiger charge is -2.23. The minimum atomic E-state index is -0.471. The second-order valence-electron chi connectivity index (χ2n) is 7.38. The van der Waals surface area contributed by atoms with Gasteiger partial charge < -0.3 is 15.8 Å². The highest BCUT2D eigenvalue weighted by molar-refractivity contribution is 5.92. The van der Waals surface area contributed by atoms with Gasteiger partial charge in [0.05, 0.1) is 0 Å². The highest BCUT2D eigenvalue weighted by atomic mass is 16.5. The number of primary amides is 1. The van der Waals surface area contributed by atoms with Crippen LogP contribution in [0.1, 0.15) is 47.8 Å². The van der Waals surface area contributed by atoms with Gasteiger partial charge in [0.25, 0.3) is 5.91 Å². The van der Waals surface area contributed by atoms with E-state index in [1.54, 1.807) is 24.3 Å². The van der Waals surface area contributed by atoms with E-state index < -0.39 is 5.91 Å². The molecule has 0 aliphatic heterocycles. The molecule has 5 nitrogen and oxygen atoms in total. The maximum Gasteiger partial charge on any atom is 0.258 e. The summed E-state index contributed by atoms with van der Waals surface area (Å²) in [6.07, 6.45) is 0. The Bertz CT molecular complexity index is 790. The Hall–Kier alpha value is -2.82. The van der Waals surface area contributed by atoms with Gasteiger partial charge in [-0.3, -0.25) is 9.59 Å². The zero-order chi connectivity index (χ0) is 19.3. The lowest BCUT2D eigenvalue weighted by atomic mass is 9.85. The fourth-order valence-electron chi connectivity index (χ4n) is 2.54. The first kappa shape index (κ1) is 19.5. The molecule has 0 saturated heterocycles. The van der Waals surface area contributed by atoms with Crippen molar-refractivity contribution >= 4 is 11.8 Å². The summed E-state index contributed by atoms with van der Waals surface area (Å²) in [5.41, 5.74) is 8.70. The Labute approximate surface area is 154 Å². The number of carbonyl (C=O) groups is 2. The standard InChI is InChI=1S/C21H26N2O3/c1-14-5-10-18(17(11-14)21(2,3)4)26-13-19(24)23-12-15-6-8-16(9-7-15)20(22)25/h5-11H,12-13H2,1-4H3,(H2,22,25)(H,23,24). The van der Waals surface area contributed by atoms with Crippen molar-refractivity contribution in [3.8, 4) is 5.75 Å². The molecule has 138 valence electrons. The number of hydrogen-bond acceptors (Lipinski definition) is 3. The Morgan fingerprint density at radius 3 is 2.31 bits per heavy atom. The van der Waals surface area contributed by atoms with Crippen LogP contribution in [0, 0.1) is 6.92 Å². The molecule has 0 fully saturated rings. The van der Waals surface area contributed by atoms with Gasteiger partial charge in [-0.05, 0) is 41.7 Å². The minimum absolute atomic E-state index is 0.0501. The number of benzene rings is 2. The fraction of sp³-hybridized carbons (Fsp3) is 0.333. The summed E-state index contributed by atoms with van der Waals surface area (Å²) in [6.45, 7) is 8.70. The number of hydrogen-bond donors (Lipinski definition) is 2. The molecule has 3 N–H and O–H groups in total. The second kappa shape index (κ2) is 8.04. The molecule has 2 aromatic carbocycles. The third-order valence-corrected chi connectivity index (χ3v) is 4.03. The van der Waals surface area contributed by atoms with Gasteiger partial charge in [-0.2, -0.15) is 0 Å². The van der Waals surface area contributed by atoms with Crippen molar-refractivity contribution in [1.82, 2.24) is 5.32 Å². The molecule has 0 heterocycles. The molecular formula is C21H26N2O3. The SMILES string of the molecule is Cc1ccc(OCC(=O)NCc2ccc(C(N)=O)cc2)c(C(C)(C)C)c1. The zero-order valence-corrected chi connectivity index (χ0v) is 15.8. The average Bonchev–Trinajstić information content (AvgIpc) is 2.58. The van der Waals surface area contributed by atoms with Crippen molar-refractivity contribution in [1.29, 1.82) is 0 Å². The zero-order valence-electron chi connectivity index (χ0n) is 15.8. The molecule has 0 unspecified atom stereocenters. The summed E-state index contributed by atoms with van der Waals surface area (Å²) in [6, 6.07) is 12.8. The number of nitrogens with two attached hydrogens (primary N) is 1. The molecule has 2 rings (SSSR count). The van der Waals surface area contributed by atoms with Gasteiger partial charge in [-0.25, -0.2) is 0 Å². The van der Waals surface area contributed by atoms with Crippen molar-refractivity contribution in [3.63, 3.8) is 0 Å². The highest BCUT2D eigenvalue weighted by Crippen LogP contribution is 2.32. The molecule has 0 atom stereocenters. The normalized spacial score (nSPS) is 11.1. The Morgan fingerprint density at radius 2 is 1.73 bits per heavy atom. The Balaban J connectivity index is 1.92. The van der Waals surface area contributed by atoms with Crippen LogP contribution in [-0.2, 0) is 16.8 Å². The molecule has 5 heteroatoms. The molecule has 0 bridgehead atoms. The fourth-order valence-corrected chi connectivity index (χ4v) is 2.54. The van der Waals surface area contributed by atoms with Crippen molar-refractivity contribution in [3.05, 3.63) is 64.7 Å². The third-order valence-electron chi connectivity index (χ3n) is 4.03. The first-order chi connectivity index (χ1) is 12.2. The van der Waals surface area contributed by atoms with Gasteiger partial charge in [0.15, 0.2) is 6.61 Å². The van der Waals surface area contributed by atoms with Gasteiger partial charge in [0.2, 0.25) is 5.91 Å². The van der Waals surface area contributed by atoms with Crippen LogP contribution in [0.3, 0.4) is 0 Å². The van der Waals surface area contributed by atoms with Crippen LogP contribution < -0.4 is 15.8 Å². The van der Waals surface area contributed by atoms with Crippen LogP contribution in [0.25, 0.3) is 0 Å². The number of carbonyl (C=O) groups excluding carboxylic acids is 2. The quantitative estimate of drug-likeness (QED) is 0.836. The van der Waals surface area contributed by atoms with E-state index in [0.717, 1.165) is 22.4 Å². The number of amides is 2. The third kappa shape index (κ3) is 5.34. The maximum atomic E-state index is 12.1. The highest BCUT2D eigenvalue weighted by Gasteiger charge is 2.19. The van der Waals surface area contributed by atoms with Crippen LogP contribution in [0.15, 0.2) is 42.5 Å². The molecule has 2 amide bonds. The van der Waals surface area contributed by atoms with E-state index in [0.29, 0.717) is 12.1 Å². The predicted molar refractivity (Wildman–Crippen MR) is 102 cm³/mol. The summed E-state index contributed by atoms with van der Waals surface area (Å²) < 4.78 is 5.75. The van der Waals surface area contributed by atoms with Gasteiger partial charge in [-0.1, -0.05) is 50.6 Å². The summed E-state index contributed by atoms with van der Waals surface area (Å²) in [5, 5.41) is 2.81. The van der Waals surface area contributed by atoms with Crippen LogP contribution in [0.2, 0.25) is 0 Å². The van der Waals surface area contributed by atoms with E-state index in [1.807, 2.05) is 19.1 Å². The van der Waals surface area contributed by atoms with E-state index in [-0.39, 0.29) is 17.9 Å². The Morgan fingerprint density at radius 1 is 1.08 bits per heavy atom. The first-order valence-electron chi connectivity index (χ1n) is 8.56. The van der Waals surface area contributed by atoms with Gasteiger partial charge in [0, 0.05) is 12.1 Å². The first-order valence-corrected chi connectivity index (χ1v) is 8.56. The Kier molecular flexibility index (Phi) is 6.03. The molecule has 0 aliphatic rings. The lowest BCUT2D eigenvalue weighted by Crippen LogP contribution is -2.29. The smallest absolute Gasteiger partial charge is 0.258 e. The molecule has 26 heavy (non-hydrogen) atoms. The molecule has 2 aromatic rings. The van der Waals surface area contributed by atoms with E-state index in [9.17, 15) is 9.59 Å². The molecule has 0 radical (unpaired) electrons. The van der Waals surface area contributed by atoms with E-state index >= 15 is 0 Å². The van der Waals surface area contributed by atoms with Crippen molar-refractivity contribution in [2.45, 2.75) is 39.7 Å². The maximum absolute atomic E-state index is 12.1. The molecular weight excluding hydrogens is 328 g/mol. The van der Waals surface area contributed by atoms with Gasteiger partial charge in [-0.15, -0.1) is 0 Å². The van der Waals surface area contributed by atoms with Crippen molar-refractivity contribution in [2.75, 3.05) is 6.61 Å². The summed E-state index contributed by atoms with van der Waals surface area (Å²) in [7, 11) is 0. The topological polar surface area (TPSA) is 81.4 Å². The van der Waals surface area contributed by atoms with Crippen LogP contribution >= 0.6 is 0 Å². The molecule has 0 aliphatic carbocycles. The van der Waals surface area contributed by atoms with Gasteiger partial charge in [0.1, 0.15) is 5.75 Å². The van der Waals surface area contributed by atoms with E-state index in [4.69, 9.17) is 10.5 Å². The van der Waals surface area contributed by atoms with Crippen molar-refractivity contribution < 1.29 is 14.3 Å². The van der Waals surface area contributed by atoms with Crippen LogP contribution in [-0.4, -0.2) is 18.4 Å². The summed E-state index contributed by atoms with van der Waals surface area (Å²) in [5.74, 6) is 0.0511.